The van der Waals surface area contributed by atoms with Gasteiger partial charge in [0, 0.05) is 25.1 Å². The number of hydrogen-bond acceptors (Lipinski definition) is 3. The summed E-state index contributed by atoms with van der Waals surface area (Å²) in [5.41, 5.74) is -0.484. The van der Waals surface area contributed by atoms with Crippen molar-refractivity contribution in [2.45, 2.75) is 70.6 Å². The minimum atomic E-state index is -0.591. The summed E-state index contributed by atoms with van der Waals surface area (Å²) in [5, 5.41) is 17.2. The Bertz CT molecular complexity index is 376. The number of rotatable bonds is 5. The molecule has 0 radical (unpaired) electrons. The first-order valence-corrected chi connectivity index (χ1v) is 8.21. The molecule has 0 aliphatic heterocycles. The highest BCUT2D eigenvalue weighted by molar-refractivity contribution is 5.80. The Hall–Kier alpha value is -0.810. The minimum absolute atomic E-state index is 0.106. The molecule has 3 N–H and O–H groups in total. The molecule has 2 unspecified atom stereocenters. The van der Waals surface area contributed by atoms with E-state index in [0.29, 0.717) is 18.7 Å². The van der Waals surface area contributed by atoms with Gasteiger partial charge in [0.1, 0.15) is 0 Å². The van der Waals surface area contributed by atoms with Crippen LogP contribution in [-0.2, 0) is 4.74 Å². The molecule has 0 aromatic heterocycles. The first-order chi connectivity index (χ1) is 9.91. The van der Waals surface area contributed by atoms with E-state index >= 15 is 0 Å². The fourth-order valence-electron chi connectivity index (χ4n) is 3.43. The monoisotopic (exact) mass is 297 g/mol. The molecule has 0 aromatic rings. The standard InChI is InChI=1S/C16H31N3O2/c1-5-17-14(18-11-16(20)8-6-7-9-16)19-12-10-13(21-4)15(12,2)3/h12-13,20H,5-11H2,1-4H3,(H2,17,18,19). The van der Waals surface area contributed by atoms with E-state index in [-0.39, 0.29) is 5.41 Å². The second-order valence-corrected chi connectivity index (χ2v) is 7.10. The molecule has 2 saturated carbocycles. The number of aliphatic hydroxyl groups is 1. The van der Waals surface area contributed by atoms with Crippen LogP contribution in [0, 0.1) is 5.41 Å². The summed E-state index contributed by atoms with van der Waals surface area (Å²) in [4.78, 5) is 4.61. The van der Waals surface area contributed by atoms with Gasteiger partial charge in [-0.25, -0.2) is 0 Å². The van der Waals surface area contributed by atoms with Gasteiger partial charge in [0.25, 0.3) is 0 Å². The van der Waals surface area contributed by atoms with Crippen LogP contribution >= 0.6 is 0 Å². The number of hydrogen-bond donors (Lipinski definition) is 3. The number of ether oxygens (including phenoxy) is 1. The lowest BCUT2D eigenvalue weighted by atomic mass is 9.64. The molecule has 0 bridgehead atoms. The van der Waals surface area contributed by atoms with Gasteiger partial charge in [0.05, 0.1) is 18.2 Å². The maximum Gasteiger partial charge on any atom is 0.191 e. The van der Waals surface area contributed by atoms with Gasteiger partial charge in [-0.1, -0.05) is 26.7 Å². The summed E-state index contributed by atoms with van der Waals surface area (Å²) in [6, 6.07) is 0.360. The highest BCUT2D eigenvalue weighted by atomic mass is 16.5. The van der Waals surface area contributed by atoms with E-state index in [0.717, 1.165) is 44.6 Å². The summed E-state index contributed by atoms with van der Waals surface area (Å²) in [6.45, 7) is 7.81. The van der Waals surface area contributed by atoms with E-state index in [1.54, 1.807) is 7.11 Å². The van der Waals surface area contributed by atoms with Crippen LogP contribution in [0.2, 0.25) is 0 Å². The largest absolute Gasteiger partial charge is 0.388 e. The van der Waals surface area contributed by atoms with Crippen molar-refractivity contribution in [3.63, 3.8) is 0 Å². The van der Waals surface area contributed by atoms with E-state index in [9.17, 15) is 5.11 Å². The average molecular weight is 297 g/mol. The second-order valence-electron chi connectivity index (χ2n) is 7.10. The van der Waals surface area contributed by atoms with Gasteiger partial charge in [-0.15, -0.1) is 0 Å². The SMILES string of the molecule is CCNC(=NCC1(O)CCCC1)NC1CC(OC)C1(C)C. The number of guanidine groups is 1. The van der Waals surface area contributed by atoms with Gasteiger partial charge in [-0.2, -0.15) is 0 Å². The molecule has 0 saturated heterocycles. The minimum Gasteiger partial charge on any atom is -0.388 e. The molecule has 0 heterocycles. The van der Waals surface area contributed by atoms with Crippen molar-refractivity contribution < 1.29 is 9.84 Å². The first kappa shape index (κ1) is 16.6. The molecular weight excluding hydrogens is 266 g/mol. The van der Waals surface area contributed by atoms with Crippen molar-refractivity contribution in [2.24, 2.45) is 10.4 Å². The Morgan fingerprint density at radius 2 is 2.00 bits per heavy atom. The van der Waals surface area contributed by atoms with Crippen molar-refractivity contribution in [1.82, 2.24) is 10.6 Å². The number of nitrogens with zero attached hydrogens (tertiary/aromatic N) is 1. The van der Waals surface area contributed by atoms with Crippen molar-refractivity contribution in [3.8, 4) is 0 Å². The quantitative estimate of drug-likeness (QED) is 0.533. The molecule has 2 fully saturated rings. The van der Waals surface area contributed by atoms with Gasteiger partial charge in [0.2, 0.25) is 0 Å². The average Bonchev–Trinajstić information content (AvgIpc) is 2.87. The first-order valence-electron chi connectivity index (χ1n) is 8.21. The number of nitrogens with one attached hydrogen (secondary N) is 2. The molecule has 0 amide bonds. The summed E-state index contributed by atoms with van der Waals surface area (Å²) < 4.78 is 5.49. The van der Waals surface area contributed by atoms with Crippen LogP contribution in [0.25, 0.3) is 0 Å². The van der Waals surface area contributed by atoms with E-state index in [1.165, 1.54) is 0 Å². The van der Waals surface area contributed by atoms with Crippen LogP contribution in [0.3, 0.4) is 0 Å². The topological polar surface area (TPSA) is 65.9 Å². The number of aliphatic imine (C=N–C) groups is 1. The third kappa shape index (κ3) is 3.69. The molecule has 2 atom stereocenters. The Morgan fingerprint density at radius 3 is 2.52 bits per heavy atom. The lowest BCUT2D eigenvalue weighted by Gasteiger charge is -2.51. The molecular formula is C16H31N3O2. The van der Waals surface area contributed by atoms with Crippen molar-refractivity contribution in [2.75, 3.05) is 20.2 Å². The van der Waals surface area contributed by atoms with Gasteiger partial charge in [0.15, 0.2) is 5.96 Å². The molecule has 21 heavy (non-hydrogen) atoms. The van der Waals surface area contributed by atoms with Crippen molar-refractivity contribution >= 4 is 5.96 Å². The maximum absolute atomic E-state index is 10.4. The molecule has 2 aliphatic carbocycles. The molecule has 0 aromatic carbocycles. The highest BCUT2D eigenvalue weighted by Crippen LogP contribution is 2.42. The lowest BCUT2D eigenvalue weighted by molar-refractivity contribution is -0.0922. The van der Waals surface area contributed by atoms with Gasteiger partial charge in [-0.05, 0) is 26.2 Å². The number of methoxy groups -OCH3 is 1. The van der Waals surface area contributed by atoms with Crippen molar-refractivity contribution in [1.29, 1.82) is 0 Å². The smallest absolute Gasteiger partial charge is 0.191 e. The fourth-order valence-corrected chi connectivity index (χ4v) is 3.43. The fraction of sp³-hybridized carbons (Fsp3) is 0.938. The van der Waals surface area contributed by atoms with Gasteiger partial charge < -0.3 is 20.5 Å². The zero-order valence-electron chi connectivity index (χ0n) is 13.9. The summed E-state index contributed by atoms with van der Waals surface area (Å²) in [5.74, 6) is 0.811. The van der Waals surface area contributed by atoms with Crippen molar-refractivity contribution in [3.05, 3.63) is 0 Å². The lowest BCUT2D eigenvalue weighted by Crippen LogP contribution is -2.63. The Balaban J connectivity index is 1.93. The van der Waals surface area contributed by atoms with Gasteiger partial charge >= 0.3 is 0 Å². The van der Waals surface area contributed by atoms with E-state index in [1.807, 2.05) is 0 Å². The Kier molecular flexibility index (Phi) is 5.15. The zero-order valence-corrected chi connectivity index (χ0v) is 13.9. The predicted octanol–water partition coefficient (Wildman–Crippen LogP) is 1.66. The Morgan fingerprint density at radius 1 is 1.33 bits per heavy atom. The third-order valence-electron chi connectivity index (χ3n) is 5.18. The summed E-state index contributed by atoms with van der Waals surface area (Å²) >= 11 is 0. The van der Waals surface area contributed by atoms with E-state index < -0.39 is 5.60 Å². The van der Waals surface area contributed by atoms with Crippen LogP contribution in [0.5, 0.6) is 0 Å². The second kappa shape index (κ2) is 6.53. The summed E-state index contributed by atoms with van der Waals surface area (Å²) in [7, 11) is 1.78. The Labute approximate surface area is 128 Å². The van der Waals surface area contributed by atoms with Gasteiger partial charge in [-0.3, -0.25) is 4.99 Å². The normalized spacial score (nSPS) is 30.8. The maximum atomic E-state index is 10.4. The molecule has 0 spiro atoms. The molecule has 2 rings (SSSR count). The molecule has 5 nitrogen and oxygen atoms in total. The molecule has 2 aliphatic rings. The summed E-state index contributed by atoms with van der Waals surface area (Å²) in [6.07, 6.45) is 5.27. The van der Waals surface area contributed by atoms with Crippen LogP contribution in [0.15, 0.2) is 4.99 Å². The van der Waals surface area contributed by atoms with Crippen LogP contribution in [0.4, 0.5) is 0 Å². The zero-order chi connectivity index (χ0) is 15.5. The molecule has 5 heteroatoms. The van der Waals surface area contributed by atoms with E-state index in [4.69, 9.17) is 4.74 Å². The van der Waals surface area contributed by atoms with Crippen LogP contribution in [0.1, 0.15) is 52.9 Å². The third-order valence-corrected chi connectivity index (χ3v) is 5.18. The van der Waals surface area contributed by atoms with Crippen LogP contribution in [-0.4, -0.2) is 49.0 Å². The van der Waals surface area contributed by atoms with Crippen LogP contribution < -0.4 is 10.6 Å². The van der Waals surface area contributed by atoms with E-state index in [2.05, 4.69) is 36.4 Å². The predicted molar refractivity (Wildman–Crippen MR) is 85.5 cm³/mol. The highest BCUT2D eigenvalue weighted by Gasteiger charge is 2.49. The molecule has 122 valence electrons.